The zero-order valence-electron chi connectivity index (χ0n) is 11.1. The van der Waals surface area contributed by atoms with E-state index in [-0.39, 0.29) is 6.09 Å². The van der Waals surface area contributed by atoms with Crippen LogP contribution in [0.15, 0.2) is 30.3 Å². The summed E-state index contributed by atoms with van der Waals surface area (Å²) >= 11 is 0. The fourth-order valence-corrected chi connectivity index (χ4v) is 2.51. The predicted molar refractivity (Wildman–Crippen MR) is 71.2 cm³/mol. The second-order valence-corrected chi connectivity index (χ2v) is 5.19. The van der Waals surface area contributed by atoms with Crippen molar-refractivity contribution >= 4 is 6.09 Å². The summed E-state index contributed by atoms with van der Waals surface area (Å²) in [6, 6.07) is 10.1. The molecule has 2 rings (SSSR count). The van der Waals surface area contributed by atoms with Gasteiger partial charge in [-0.05, 0) is 24.3 Å². The van der Waals surface area contributed by atoms with E-state index >= 15 is 0 Å². The van der Waals surface area contributed by atoms with E-state index in [1.54, 1.807) is 0 Å². The Bertz CT molecular complexity index is 389. The Kier molecular flexibility index (Phi) is 4.24. The average molecular weight is 247 g/mol. The van der Waals surface area contributed by atoms with Gasteiger partial charge in [-0.25, -0.2) is 4.79 Å². The first-order valence-corrected chi connectivity index (χ1v) is 6.66. The number of hydrogen-bond acceptors (Lipinski definition) is 2. The van der Waals surface area contributed by atoms with Gasteiger partial charge in [0.25, 0.3) is 0 Å². The molecular weight excluding hydrogens is 226 g/mol. The molecule has 0 aliphatic carbocycles. The van der Waals surface area contributed by atoms with Crippen LogP contribution in [0.5, 0.6) is 0 Å². The molecule has 3 heteroatoms. The Hall–Kier alpha value is -1.51. The molecule has 1 atom stereocenters. The van der Waals surface area contributed by atoms with Crippen molar-refractivity contribution in [2.75, 3.05) is 6.54 Å². The first kappa shape index (κ1) is 12.9. The van der Waals surface area contributed by atoms with Gasteiger partial charge in [-0.2, -0.15) is 0 Å². The van der Waals surface area contributed by atoms with Crippen molar-refractivity contribution in [2.24, 2.45) is 5.92 Å². The van der Waals surface area contributed by atoms with Gasteiger partial charge in [0.2, 0.25) is 0 Å². The summed E-state index contributed by atoms with van der Waals surface area (Å²) in [4.78, 5) is 13.9. The molecule has 0 spiro atoms. The fourth-order valence-electron chi connectivity index (χ4n) is 2.51. The van der Waals surface area contributed by atoms with Crippen LogP contribution in [0.25, 0.3) is 0 Å². The molecule has 0 N–H and O–H groups in total. The van der Waals surface area contributed by atoms with E-state index in [1.807, 2.05) is 35.2 Å². The highest BCUT2D eigenvalue weighted by atomic mass is 16.6. The van der Waals surface area contributed by atoms with Gasteiger partial charge in [-0.15, -0.1) is 0 Å². The molecule has 0 saturated carbocycles. The maximum atomic E-state index is 12.0. The number of carbonyl (C=O) groups is 1. The number of benzene rings is 1. The molecule has 0 unspecified atom stereocenters. The standard InChI is InChI=1S/C15H21NO2/c1-12(2)14-9-6-10-16(14)15(17)18-11-13-7-4-3-5-8-13/h3-5,7-8,12,14H,6,9-11H2,1-2H3/t14-/m1/s1. The van der Waals surface area contributed by atoms with E-state index in [9.17, 15) is 4.79 Å². The molecular formula is C15H21NO2. The summed E-state index contributed by atoms with van der Waals surface area (Å²) in [7, 11) is 0. The molecule has 0 radical (unpaired) electrons. The highest BCUT2D eigenvalue weighted by Gasteiger charge is 2.31. The van der Waals surface area contributed by atoms with Crippen LogP contribution in [0.2, 0.25) is 0 Å². The minimum Gasteiger partial charge on any atom is -0.445 e. The van der Waals surface area contributed by atoms with Gasteiger partial charge in [-0.1, -0.05) is 44.2 Å². The van der Waals surface area contributed by atoms with E-state index < -0.39 is 0 Å². The first-order valence-electron chi connectivity index (χ1n) is 6.66. The van der Waals surface area contributed by atoms with Crippen LogP contribution in [-0.4, -0.2) is 23.6 Å². The molecule has 1 heterocycles. The number of likely N-dealkylation sites (tertiary alicyclic amines) is 1. The molecule has 1 amide bonds. The van der Waals surface area contributed by atoms with Crippen molar-refractivity contribution in [3.05, 3.63) is 35.9 Å². The third-order valence-electron chi connectivity index (χ3n) is 3.51. The zero-order chi connectivity index (χ0) is 13.0. The minimum atomic E-state index is -0.171. The maximum absolute atomic E-state index is 12.0. The summed E-state index contributed by atoms with van der Waals surface area (Å²) in [6.45, 7) is 5.51. The van der Waals surface area contributed by atoms with Crippen molar-refractivity contribution < 1.29 is 9.53 Å². The highest BCUT2D eigenvalue weighted by molar-refractivity contribution is 5.68. The van der Waals surface area contributed by atoms with E-state index in [2.05, 4.69) is 13.8 Å². The van der Waals surface area contributed by atoms with Gasteiger partial charge >= 0.3 is 6.09 Å². The zero-order valence-corrected chi connectivity index (χ0v) is 11.1. The van der Waals surface area contributed by atoms with E-state index in [1.165, 1.54) is 0 Å². The lowest BCUT2D eigenvalue weighted by atomic mass is 10.0. The third kappa shape index (κ3) is 3.03. The van der Waals surface area contributed by atoms with Crippen LogP contribution in [-0.2, 0) is 11.3 Å². The van der Waals surface area contributed by atoms with Crippen LogP contribution in [0.1, 0.15) is 32.3 Å². The summed E-state index contributed by atoms with van der Waals surface area (Å²) in [6.07, 6.45) is 2.01. The van der Waals surface area contributed by atoms with Crippen LogP contribution < -0.4 is 0 Å². The number of rotatable bonds is 3. The molecule has 1 aromatic carbocycles. The molecule has 98 valence electrons. The van der Waals surface area contributed by atoms with Crippen LogP contribution in [0, 0.1) is 5.92 Å². The van der Waals surface area contributed by atoms with E-state index in [0.29, 0.717) is 18.6 Å². The molecule has 0 bridgehead atoms. The van der Waals surface area contributed by atoms with Crippen molar-refractivity contribution in [3.63, 3.8) is 0 Å². The van der Waals surface area contributed by atoms with Crippen molar-refractivity contribution in [3.8, 4) is 0 Å². The maximum Gasteiger partial charge on any atom is 0.410 e. The topological polar surface area (TPSA) is 29.5 Å². The van der Waals surface area contributed by atoms with E-state index in [0.717, 1.165) is 24.9 Å². The van der Waals surface area contributed by atoms with E-state index in [4.69, 9.17) is 4.74 Å². The molecule has 1 aliphatic rings. The van der Waals surface area contributed by atoms with Crippen LogP contribution in [0.4, 0.5) is 4.79 Å². The average Bonchev–Trinajstić information content (AvgIpc) is 2.86. The quantitative estimate of drug-likeness (QED) is 0.818. The highest BCUT2D eigenvalue weighted by Crippen LogP contribution is 2.24. The molecule has 18 heavy (non-hydrogen) atoms. The Labute approximate surface area is 109 Å². The lowest BCUT2D eigenvalue weighted by Crippen LogP contribution is -2.38. The Morgan fingerprint density at radius 3 is 2.78 bits per heavy atom. The number of amides is 1. The second kappa shape index (κ2) is 5.89. The Morgan fingerprint density at radius 2 is 2.11 bits per heavy atom. The van der Waals surface area contributed by atoms with Crippen LogP contribution >= 0.6 is 0 Å². The van der Waals surface area contributed by atoms with Gasteiger partial charge in [0, 0.05) is 12.6 Å². The number of carbonyl (C=O) groups excluding carboxylic acids is 1. The van der Waals surface area contributed by atoms with Gasteiger partial charge in [-0.3, -0.25) is 0 Å². The van der Waals surface area contributed by atoms with Gasteiger partial charge in [0.15, 0.2) is 0 Å². The van der Waals surface area contributed by atoms with Gasteiger partial charge in [0.05, 0.1) is 0 Å². The molecule has 0 aromatic heterocycles. The fraction of sp³-hybridized carbons (Fsp3) is 0.533. The second-order valence-electron chi connectivity index (χ2n) is 5.19. The largest absolute Gasteiger partial charge is 0.445 e. The van der Waals surface area contributed by atoms with Crippen molar-refractivity contribution in [2.45, 2.75) is 39.3 Å². The van der Waals surface area contributed by atoms with Gasteiger partial charge < -0.3 is 9.64 Å². The minimum absolute atomic E-state index is 0.171. The lowest BCUT2D eigenvalue weighted by Gasteiger charge is -2.26. The summed E-state index contributed by atoms with van der Waals surface area (Å²) in [5.74, 6) is 0.497. The van der Waals surface area contributed by atoms with Gasteiger partial charge in [0.1, 0.15) is 6.61 Å². The smallest absolute Gasteiger partial charge is 0.410 e. The molecule has 1 saturated heterocycles. The molecule has 1 fully saturated rings. The molecule has 1 aromatic rings. The normalized spacial score (nSPS) is 19.3. The Balaban J connectivity index is 1.88. The summed E-state index contributed by atoms with van der Waals surface area (Å²) in [5.41, 5.74) is 1.03. The molecule has 1 aliphatic heterocycles. The van der Waals surface area contributed by atoms with Crippen molar-refractivity contribution in [1.82, 2.24) is 4.90 Å². The van der Waals surface area contributed by atoms with Crippen molar-refractivity contribution in [1.29, 1.82) is 0 Å². The lowest BCUT2D eigenvalue weighted by molar-refractivity contribution is 0.0848. The number of hydrogen-bond donors (Lipinski definition) is 0. The predicted octanol–water partition coefficient (Wildman–Crippen LogP) is 3.44. The molecule has 3 nitrogen and oxygen atoms in total. The Morgan fingerprint density at radius 1 is 1.39 bits per heavy atom. The number of ether oxygens (including phenoxy) is 1. The first-order chi connectivity index (χ1) is 8.68. The summed E-state index contributed by atoms with van der Waals surface area (Å²) < 4.78 is 5.38. The number of nitrogens with zero attached hydrogens (tertiary/aromatic N) is 1. The summed E-state index contributed by atoms with van der Waals surface area (Å²) in [5, 5.41) is 0. The van der Waals surface area contributed by atoms with Crippen LogP contribution in [0.3, 0.4) is 0 Å². The monoisotopic (exact) mass is 247 g/mol. The SMILES string of the molecule is CC(C)[C@H]1CCCN1C(=O)OCc1ccccc1. The third-order valence-corrected chi connectivity index (χ3v) is 3.51.